The molecule has 1 saturated heterocycles. The first-order valence-corrected chi connectivity index (χ1v) is 9.00. The van der Waals surface area contributed by atoms with Crippen LogP contribution in [-0.2, 0) is 4.74 Å². The molecule has 0 amide bonds. The number of para-hydroxylation sites is 1. The maximum Gasteiger partial charge on any atom is 0.191 e. The Morgan fingerprint density at radius 3 is 2.50 bits per heavy atom. The largest absolute Gasteiger partial charge is 0.489 e. The molecule has 2 rings (SSSR count). The summed E-state index contributed by atoms with van der Waals surface area (Å²) in [5.41, 5.74) is 0.0492. The minimum absolute atomic E-state index is 0. The number of hydrogen-bond acceptors (Lipinski definition) is 4. The quantitative estimate of drug-likeness (QED) is 0.360. The maximum atomic E-state index is 5.88. The van der Waals surface area contributed by atoms with Gasteiger partial charge >= 0.3 is 0 Å². The third kappa shape index (κ3) is 7.67. The van der Waals surface area contributed by atoms with Gasteiger partial charge in [-0.1, -0.05) is 18.2 Å². The number of nitrogens with zero attached hydrogens (tertiary/aromatic N) is 2. The number of nitrogens with one attached hydrogen (secondary N) is 2. The van der Waals surface area contributed by atoms with Crippen LogP contribution in [0.1, 0.15) is 20.8 Å². The number of aliphatic imine (C=N–C) groups is 1. The predicted octanol–water partition coefficient (Wildman–Crippen LogP) is 2.35. The average molecular weight is 476 g/mol. The molecule has 0 saturated carbocycles. The van der Waals surface area contributed by atoms with Gasteiger partial charge in [0.25, 0.3) is 0 Å². The van der Waals surface area contributed by atoms with Gasteiger partial charge in [-0.25, -0.2) is 0 Å². The van der Waals surface area contributed by atoms with E-state index in [0.29, 0.717) is 6.54 Å². The highest BCUT2D eigenvalue weighted by Crippen LogP contribution is 2.15. The highest BCUT2D eigenvalue weighted by atomic mass is 127. The Bertz CT molecular complexity index is 534. The van der Waals surface area contributed by atoms with Gasteiger partial charge in [0.15, 0.2) is 5.96 Å². The van der Waals surface area contributed by atoms with Crippen LogP contribution in [-0.4, -0.2) is 68.9 Å². The predicted molar refractivity (Wildman–Crippen MR) is 118 cm³/mol. The van der Waals surface area contributed by atoms with Gasteiger partial charge in [-0.3, -0.25) is 9.89 Å². The highest BCUT2D eigenvalue weighted by Gasteiger charge is 2.28. The van der Waals surface area contributed by atoms with Crippen molar-refractivity contribution in [1.29, 1.82) is 0 Å². The van der Waals surface area contributed by atoms with Crippen molar-refractivity contribution in [3.8, 4) is 5.75 Å². The van der Waals surface area contributed by atoms with Crippen LogP contribution < -0.4 is 15.4 Å². The number of benzene rings is 1. The lowest BCUT2D eigenvalue weighted by molar-refractivity contribution is -0.00834. The number of ether oxygens (including phenoxy) is 2. The fourth-order valence-electron chi connectivity index (χ4n) is 2.81. The Balaban J connectivity index is 0.00000338. The van der Waals surface area contributed by atoms with E-state index in [0.717, 1.165) is 44.6 Å². The summed E-state index contributed by atoms with van der Waals surface area (Å²) < 4.78 is 11.3. The maximum absolute atomic E-state index is 5.88. The second-order valence-electron chi connectivity index (χ2n) is 6.96. The van der Waals surface area contributed by atoms with E-state index >= 15 is 0 Å². The van der Waals surface area contributed by atoms with Crippen LogP contribution in [0, 0.1) is 0 Å². The van der Waals surface area contributed by atoms with Crippen molar-refractivity contribution < 1.29 is 9.47 Å². The van der Waals surface area contributed by atoms with Gasteiger partial charge in [-0.2, -0.15) is 0 Å². The molecule has 0 spiro atoms. The minimum Gasteiger partial charge on any atom is -0.489 e. The molecule has 0 radical (unpaired) electrons. The van der Waals surface area contributed by atoms with E-state index in [-0.39, 0.29) is 35.6 Å². The molecule has 2 N–H and O–H groups in total. The van der Waals surface area contributed by atoms with Gasteiger partial charge in [0.2, 0.25) is 0 Å². The standard InChI is InChI=1S/C19H32N4O2.HI/c1-16(25-17-8-6-5-7-9-17)14-21-18(20-4)22-15-19(2,3)23-10-12-24-13-11-23;/h5-9,16H,10-15H2,1-4H3,(H2,20,21,22);1H. The Labute approximate surface area is 174 Å². The van der Waals surface area contributed by atoms with Crippen LogP contribution >= 0.6 is 24.0 Å². The molecule has 1 unspecified atom stereocenters. The normalized spacial score (nSPS) is 17.2. The van der Waals surface area contributed by atoms with Gasteiger partial charge < -0.3 is 20.1 Å². The molecule has 1 fully saturated rings. The molecule has 0 aromatic heterocycles. The lowest BCUT2D eigenvalue weighted by Gasteiger charge is -2.41. The Hall–Kier alpha value is -1.06. The first-order valence-electron chi connectivity index (χ1n) is 9.00. The fourth-order valence-corrected chi connectivity index (χ4v) is 2.81. The third-order valence-corrected chi connectivity index (χ3v) is 4.42. The first-order chi connectivity index (χ1) is 12.0. The number of hydrogen-bond donors (Lipinski definition) is 2. The van der Waals surface area contributed by atoms with E-state index in [1.165, 1.54) is 0 Å². The monoisotopic (exact) mass is 476 g/mol. The van der Waals surface area contributed by atoms with Crippen molar-refractivity contribution in [1.82, 2.24) is 15.5 Å². The molecule has 1 aromatic carbocycles. The first kappa shape index (κ1) is 23.0. The summed E-state index contributed by atoms with van der Waals surface area (Å²) in [7, 11) is 1.79. The Kier molecular flexibility index (Phi) is 10.3. The topological polar surface area (TPSA) is 58.1 Å². The highest BCUT2D eigenvalue weighted by molar-refractivity contribution is 14.0. The van der Waals surface area contributed by atoms with Crippen molar-refractivity contribution in [3.05, 3.63) is 30.3 Å². The molecule has 6 nitrogen and oxygen atoms in total. The van der Waals surface area contributed by atoms with Gasteiger partial charge in [-0.05, 0) is 32.9 Å². The molecular formula is C19H33IN4O2. The van der Waals surface area contributed by atoms with Gasteiger partial charge in [0.1, 0.15) is 11.9 Å². The Morgan fingerprint density at radius 1 is 1.23 bits per heavy atom. The molecular weight excluding hydrogens is 443 g/mol. The smallest absolute Gasteiger partial charge is 0.191 e. The molecule has 1 aromatic rings. The zero-order valence-corrected chi connectivity index (χ0v) is 18.7. The molecule has 26 heavy (non-hydrogen) atoms. The molecule has 1 heterocycles. The molecule has 0 aliphatic carbocycles. The molecule has 1 atom stereocenters. The van der Waals surface area contributed by atoms with Gasteiger partial charge in [-0.15, -0.1) is 24.0 Å². The van der Waals surface area contributed by atoms with E-state index < -0.39 is 0 Å². The van der Waals surface area contributed by atoms with E-state index in [9.17, 15) is 0 Å². The van der Waals surface area contributed by atoms with Crippen molar-refractivity contribution in [2.24, 2.45) is 4.99 Å². The molecule has 1 aliphatic heterocycles. The molecule has 1 aliphatic rings. The fraction of sp³-hybridized carbons (Fsp3) is 0.632. The van der Waals surface area contributed by atoms with Crippen LogP contribution in [0.25, 0.3) is 0 Å². The SMILES string of the molecule is CN=C(NCC(C)Oc1ccccc1)NCC(C)(C)N1CCOCC1.I. The summed E-state index contributed by atoms with van der Waals surface area (Å²) in [6.07, 6.45) is 0.0493. The summed E-state index contributed by atoms with van der Waals surface area (Å²) in [4.78, 5) is 6.77. The zero-order chi connectivity index (χ0) is 18.1. The summed E-state index contributed by atoms with van der Waals surface area (Å²) in [6.45, 7) is 11.6. The Morgan fingerprint density at radius 2 is 1.88 bits per heavy atom. The van der Waals surface area contributed by atoms with Crippen LogP contribution in [0.4, 0.5) is 0 Å². The molecule has 148 valence electrons. The second kappa shape index (κ2) is 11.6. The van der Waals surface area contributed by atoms with Crippen LogP contribution in [0.2, 0.25) is 0 Å². The van der Waals surface area contributed by atoms with Crippen molar-refractivity contribution in [2.45, 2.75) is 32.4 Å². The van der Waals surface area contributed by atoms with Crippen LogP contribution in [0.15, 0.2) is 35.3 Å². The van der Waals surface area contributed by atoms with E-state index in [2.05, 4.69) is 34.4 Å². The third-order valence-electron chi connectivity index (χ3n) is 4.42. The van der Waals surface area contributed by atoms with Crippen molar-refractivity contribution in [3.63, 3.8) is 0 Å². The number of morpholine rings is 1. The lowest BCUT2D eigenvalue weighted by atomic mass is 10.0. The van der Waals surface area contributed by atoms with Crippen LogP contribution in [0.3, 0.4) is 0 Å². The number of guanidine groups is 1. The van der Waals surface area contributed by atoms with Crippen molar-refractivity contribution in [2.75, 3.05) is 46.4 Å². The summed E-state index contributed by atoms with van der Waals surface area (Å²) in [6, 6.07) is 9.87. The number of rotatable bonds is 7. The molecule has 0 bridgehead atoms. The average Bonchev–Trinajstić information content (AvgIpc) is 2.63. The van der Waals surface area contributed by atoms with Gasteiger partial charge in [0, 0.05) is 32.2 Å². The zero-order valence-electron chi connectivity index (χ0n) is 16.3. The van der Waals surface area contributed by atoms with E-state index in [1.807, 2.05) is 37.3 Å². The van der Waals surface area contributed by atoms with E-state index in [1.54, 1.807) is 7.05 Å². The van der Waals surface area contributed by atoms with Crippen LogP contribution in [0.5, 0.6) is 5.75 Å². The lowest BCUT2D eigenvalue weighted by Crippen LogP contribution is -2.56. The van der Waals surface area contributed by atoms with Crippen molar-refractivity contribution >= 4 is 29.9 Å². The summed E-state index contributed by atoms with van der Waals surface area (Å²) >= 11 is 0. The second-order valence-corrected chi connectivity index (χ2v) is 6.96. The van der Waals surface area contributed by atoms with E-state index in [4.69, 9.17) is 9.47 Å². The summed E-state index contributed by atoms with van der Waals surface area (Å²) in [5.74, 6) is 1.68. The summed E-state index contributed by atoms with van der Waals surface area (Å²) in [5, 5.41) is 6.76. The van der Waals surface area contributed by atoms with Gasteiger partial charge in [0.05, 0.1) is 19.8 Å². The number of halogens is 1. The minimum atomic E-state index is 0. The molecule has 7 heteroatoms.